The number of carbonyl (C=O) groups is 1. The van der Waals surface area contributed by atoms with E-state index in [1.165, 1.54) is 12.5 Å². The Morgan fingerprint density at radius 1 is 1.27 bits per heavy atom. The maximum absolute atomic E-state index is 11.0. The number of aromatic nitrogens is 3. The molecule has 0 unspecified atom stereocenters. The third kappa shape index (κ3) is 4.97. The standard InChI is InChI=1S/C23H28N4O3/c1-16(26-17(2)28)14-29-20-10-19(11-20)15-30-23-21-12-25-27(22(21)8-9-24-23)13-18-6-4-3-5-7-18/h3-9,12,16,19-20H,10-11,13-15H2,1-2H3,(H,26,28)/t16-,19-,20-/m0/s1. The summed E-state index contributed by atoms with van der Waals surface area (Å²) < 4.78 is 13.9. The Balaban J connectivity index is 1.28. The van der Waals surface area contributed by atoms with Crippen LogP contribution in [-0.4, -0.2) is 46.0 Å². The molecular formula is C23H28N4O3. The van der Waals surface area contributed by atoms with Crippen molar-refractivity contribution in [3.8, 4) is 5.88 Å². The van der Waals surface area contributed by atoms with Gasteiger partial charge in [-0.3, -0.25) is 9.48 Å². The Hall–Kier alpha value is -2.93. The molecule has 1 saturated carbocycles. The molecule has 3 aromatic rings. The molecule has 0 spiro atoms. The molecule has 4 rings (SSSR count). The molecule has 1 aromatic carbocycles. The van der Waals surface area contributed by atoms with Crippen molar-refractivity contribution in [1.82, 2.24) is 20.1 Å². The average Bonchev–Trinajstić information content (AvgIpc) is 3.10. The van der Waals surface area contributed by atoms with E-state index >= 15 is 0 Å². The second-order valence-electron chi connectivity index (χ2n) is 8.04. The summed E-state index contributed by atoms with van der Waals surface area (Å²) in [5.74, 6) is 1.07. The van der Waals surface area contributed by atoms with Crippen LogP contribution in [0.2, 0.25) is 0 Å². The van der Waals surface area contributed by atoms with Crippen molar-refractivity contribution in [3.05, 3.63) is 54.4 Å². The minimum absolute atomic E-state index is 0.0280. The van der Waals surface area contributed by atoms with Crippen LogP contribution < -0.4 is 10.1 Å². The third-order valence-corrected chi connectivity index (χ3v) is 5.39. The molecule has 2 heterocycles. The fraction of sp³-hybridized carbons (Fsp3) is 0.435. The summed E-state index contributed by atoms with van der Waals surface area (Å²) in [6.45, 7) is 5.35. The van der Waals surface area contributed by atoms with Gasteiger partial charge in [-0.1, -0.05) is 30.3 Å². The van der Waals surface area contributed by atoms with Gasteiger partial charge in [-0.25, -0.2) is 4.98 Å². The van der Waals surface area contributed by atoms with Gasteiger partial charge in [0.2, 0.25) is 11.8 Å². The minimum Gasteiger partial charge on any atom is -0.477 e. The van der Waals surface area contributed by atoms with Crippen molar-refractivity contribution in [3.63, 3.8) is 0 Å². The van der Waals surface area contributed by atoms with Gasteiger partial charge in [0.25, 0.3) is 0 Å². The highest BCUT2D eigenvalue weighted by Crippen LogP contribution is 2.32. The van der Waals surface area contributed by atoms with E-state index in [1.54, 1.807) is 6.20 Å². The largest absolute Gasteiger partial charge is 0.477 e. The zero-order chi connectivity index (χ0) is 20.9. The van der Waals surface area contributed by atoms with Gasteiger partial charge in [0.1, 0.15) is 0 Å². The van der Waals surface area contributed by atoms with E-state index < -0.39 is 0 Å². The fourth-order valence-electron chi connectivity index (χ4n) is 3.79. The van der Waals surface area contributed by atoms with Crippen LogP contribution in [0, 0.1) is 5.92 Å². The minimum atomic E-state index is -0.0280. The van der Waals surface area contributed by atoms with Crippen molar-refractivity contribution >= 4 is 16.8 Å². The van der Waals surface area contributed by atoms with Crippen LogP contribution in [0.3, 0.4) is 0 Å². The van der Waals surface area contributed by atoms with Crippen LogP contribution in [0.25, 0.3) is 10.9 Å². The highest BCUT2D eigenvalue weighted by atomic mass is 16.5. The lowest BCUT2D eigenvalue weighted by atomic mass is 9.83. The molecule has 0 saturated heterocycles. The number of amides is 1. The summed E-state index contributed by atoms with van der Waals surface area (Å²) >= 11 is 0. The average molecular weight is 409 g/mol. The lowest BCUT2D eigenvalue weighted by molar-refractivity contribution is -0.120. The summed E-state index contributed by atoms with van der Waals surface area (Å²) in [4.78, 5) is 15.5. The van der Waals surface area contributed by atoms with Crippen molar-refractivity contribution in [2.45, 2.75) is 45.4 Å². The number of hydrogen-bond donors (Lipinski definition) is 1. The fourth-order valence-corrected chi connectivity index (χ4v) is 3.79. The van der Waals surface area contributed by atoms with Crippen molar-refractivity contribution < 1.29 is 14.3 Å². The highest BCUT2D eigenvalue weighted by molar-refractivity contribution is 5.83. The van der Waals surface area contributed by atoms with Crippen LogP contribution >= 0.6 is 0 Å². The lowest BCUT2D eigenvalue weighted by Gasteiger charge is -2.35. The molecule has 1 N–H and O–H groups in total. The monoisotopic (exact) mass is 408 g/mol. The Kier molecular flexibility index (Phi) is 6.28. The zero-order valence-electron chi connectivity index (χ0n) is 17.5. The number of hydrogen-bond acceptors (Lipinski definition) is 5. The van der Waals surface area contributed by atoms with E-state index in [9.17, 15) is 4.79 Å². The Morgan fingerprint density at radius 3 is 2.83 bits per heavy atom. The topological polar surface area (TPSA) is 78.3 Å². The predicted molar refractivity (Wildman–Crippen MR) is 114 cm³/mol. The number of ether oxygens (including phenoxy) is 2. The normalized spacial score (nSPS) is 19.3. The molecule has 0 radical (unpaired) electrons. The summed E-state index contributed by atoms with van der Waals surface area (Å²) in [5, 5.41) is 8.30. The van der Waals surface area contributed by atoms with Crippen LogP contribution in [0.1, 0.15) is 32.3 Å². The predicted octanol–water partition coefficient (Wildman–Crippen LogP) is 3.18. The summed E-state index contributed by atoms with van der Waals surface area (Å²) in [6, 6.07) is 12.3. The van der Waals surface area contributed by atoms with Crippen LogP contribution in [0.15, 0.2) is 48.8 Å². The second kappa shape index (κ2) is 9.26. The molecule has 1 amide bonds. The van der Waals surface area contributed by atoms with E-state index in [0.717, 1.165) is 23.7 Å². The first-order valence-corrected chi connectivity index (χ1v) is 10.4. The van der Waals surface area contributed by atoms with E-state index in [4.69, 9.17) is 9.47 Å². The molecule has 7 heteroatoms. The first-order valence-electron chi connectivity index (χ1n) is 10.4. The molecular weight excluding hydrogens is 380 g/mol. The molecule has 1 atom stereocenters. The quantitative estimate of drug-likeness (QED) is 0.588. The van der Waals surface area contributed by atoms with Crippen molar-refractivity contribution in [1.29, 1.82) is 0 Å². The van der Waals surface area contributed by atoms with Gasteiger partial charge in [0.05, 0.1) is 43.0 Å². The molecule has 7 nitrogen and oxygen atoms in total. The highest BCUT2D eigenvalue weighted by Gasteiger charge is 2.31. The number of benzene rings is 1. The van der Waals surface area contributed by atoms with E-state index in [0.29, 0.717) is 31.6 Å². The van der Waals surface area contributed by atoms with Gasteiger partial charge in [0, 0.05) is 19.2 Å². The van der Waals surface area contributed by atoms with Gasteiger partial charge >= 0.3 is 0 Å². The van der Waals surface area contributed by atoms with Crippen LogP contribution in [0.5, 0.6) is 5.88 Å². The molecule has 158 valence electrons. The number of nitrogens with one attached hydrogen (secondary N) is 1. The molecule has 2 aromatic heterocycles. The van der Waals surface area contributed by atoms with Gasteiger partial charge in [-0.15, -0.1) is 0 Å². The number of carbonyl (C=O) groups excluding carboxylic acids is 1. The number of nitrogens with zero attached hydrogens (tertiary/aromatic N) is 3. The van der Waals surface area contributed by atoms with Gasteiger partial charge in [-0.05, 0) is 37.3 Å². The Bertz CT molecular complexity index is 983. The molecule has 30 heavy (non-hydrogen) atoms. The van der Waals surface area contributed by atoms with Gasteiger partial charge in [-0.2, -0.15) is 5.10 Å². The molecule has 1 aliphatic rings. The Morgan fingerprint density at radius 2 is 2.07 bits per heavy atom. The van der Waals surface area contributed by atoms with E-state index in [2.05, 4.69) is 27.5 Å². The molecule has 0 aliphatic heterocycles. The second-order valence-corrected chi connectivity index (χ2v) is 8.04. The van der Waals surface area contributed by atoms with Crippen molar-refractivity contribution in [2.24, 2.45) is 5.92 Å². The number of rotatable bonds is 9. The SMILES string of the molecule is CC(=O)N[C@@H](C)CO[C@H]1C[C@H](COc2nccc3c2cnn3Cc2ccccc2)C1. The first-order chi connectivity index (χ1) is 14.6. The lowest BCUT2D eigenvalue weighted by Crippen LogP contribution is -2.40. The summed E-state index contributed by atoms with van der Waals surface area (Å²) in [5.41, 5.74) is 2.22. The molecule has 1 aliphatic carbocycles. The third-order valence-electron chi connectivity index (χ3n) is 5.39. The van der Waals surface area contributed by atoms with Gasteiger partial charge in [0.15, 0.2) is 0 Å². The summed E-state index contributed by atoms with van der Waals surface area (Å²) in [7, 11) is 0. The number of pyridine rings is 1. The Labute approximate surface area is 176 Å². The van der Waals surface area contributed by atoms with E-state index in [-0.39, 0.29) is 18.1 Å². The first kappa shape index (κ1) is 20.3. The van der Waals surface area contributed by atoms with E-state index in [1.807, 2.05) is 42.1 Å². The van der Waals surface area contributed by atoms with Gasteiger partial charge < -0.3 is 14.8 Å². The number of fused-ring (bicyclic) bond motifs is 1. The van der Waals surface area contributed by atoms with Crippen molar-refractivity contribution in [2.75, 3.05) is 13.2 Å². The molecule has 0 bridgehead atoms. The maximum atomic E-state index is 11.0. The summed E-state index contributed by atoms with van der Waals surface area (Å²) in [6.07, 6.45) is 5.78. The van der Waals surface area contributed by atoms with Crippen LogP contribution in [0.4, 0.5) is 0 Å². The van der Waals surface area contributed by atoms with Crippen LogP contribution in [-0.2, 0) is 16.1 Å². The molecule has 1 fully saturated rings. The smallest absolute Gasteiger partial charge is 0.224 e. The zero-order valence-corrected chi connectivity index (χ0v) is 17.5. The maximum Gasteiger partial charge on any atom is 0.224 e.